The molecule has 0 unspecified atom stereocenters. The maximum atomic E-state index is 5.86. The van der Waals surface area contributed by atoms with Crippen LogP contribution in [0.15, 0.2) is 12.1 Å². The van der Waals surface area contributed by atoms with E-state index in [2.05, 4.69) is 64.0 Å². The molecule has 1 N–H and O–H groups in total. The lowest BCUT2D eigenvalue weighted by molar-refractivity contribution is 0.277. The van der Waals surface area contributed by atoms with Gasteiger partial charge in [0.2, 0.25) is 5.88 Å². The van der Waals surface area contributed by atoms with Crippen LogP contribution in [-0.4, -0.2) is 18.1 Å². The fourth-order valence-corrected chi connectivity index (χ4v) is 1.93. The van der Waals surface area contributed by atoms with Crippen LogP contribution in [0.5, 0.6) is 5.88 Å². The topological polar surface area (TPSA) is 34.1 Å². The van der Waals surface area contributed by atoms with Crippen molar-refractivity contribution in [1.29, 1.82) is 0 Å². The average Bonchev–Trinajstić information content (AvgIpc) is 2.37. The summed E-state index contributed by atoms with van der Waals surface area (Å²) in [7, 11) is 0. The van der Waals surface area contributed by atoms with Crippen molar-refractivity contribution >= 4 is 0 Å². The molecular formula is C18H32N2O. The third-order valence-corrected chi connectivity index (χ3v) is 3.33. The van der Waals surface area contributed by atoms with Gasteiger partial charge in [0.1, 0.15) is 0 Å². The van der Waals surface area contributed by atoms with Crippen LogP contribution < -0.4 is 10.1 Å². The molecular weight excluding hydrogens is 260 g/mol. The Balaban J connectivity index is 2.82. The smallest absolute Gasteiger partial charge is 0.213 e. The first-order chi connectivity index (χ1) is 9.82. The Bertz CT molecular complexity index is 422. The number of pyridine rings is 1. The molecule has 0 saturated heterocycles. The summed E-state index contributed by atoms with van der Waals surface area (Å²) in [6, 6.07) is 4.26. The molecule has 21 heavy (non-hydrogen) atoms. The lowest BCUT2D eigenvalue weighted by atomic mass is 9.91. The molecule has 0 aromatic carbocycles. The Morgan fingerprint density at radius 2 is 1.95 bits per heavy atom. The lowest BCUT2D eigenvalue weighted by Crippen LogP contribution is -2.18. The molecule has 0 fully saturated rings. The second-order valence-corrected chi connectivity index (χ2v) is 7.16. The number of hydrogen-bond donors (Lipinski definition) is 1. The van der Waals surface area contributed by atoms with E-state index in [-0.39, 0.29) is 5.41 Å². The van der Waals surface area contributed by atoms with Gasteiger partial charge in [0.15, 0.2) is 0 Å². The fourth-order valence-electron chi connectivity index (χ4n) is 1.93. The zero-order valence-electron chi connectivity index (χ0n) is 14.6. The van der Waals surface area contributed by atoms with Crippen LogP contribution >= 0.6 is 0 Å². The van der Waals surface area contributed by atoms with Gasteiger partial charge in [0.25, 0.3) is 0 Å². The Kier molecular flexibility index (Phi) is 7.16. The van der Waals surface area contributed by atoms with Crippen molar-refractivity contribution in [1.82, 2.24) is 10.3 Å². The van der Waals surface area contributed by atoms with Gasteiger partial charge in [-0.15, -0.1) is 0 Å². The molecule has 0 radical (unpaired) electrons. The van der Waals surface area contributed by atoms with Crippen molar-refractivity contribution in [3.63, 3.8) is 0 Å². The van der Waals surface area contributed by atoms with Gasteiger partial charge < -0.3 is 10.1 Å². The van der Waals surface area contributed by atoms with E-state index < -0.39 is 0 Å². The average molecular weight is 292 g/mol. The second-order valence-electron chi connectivity index (χ2n) is 7.16. The quantitative estimate of drug-likeness (QED) is 0.725. The highest BCUT2D eigenvalue weighted by Gasteiger charge is 2.17. The van der Waals surface area contributed by atoms with E-state index >= 15 is 0 Å². The number of aromatic nitrogens is 1. The Hall–Kier alpha value is -1.09. The van der Waals surface area contributed by atoms with Gasteiger partial charge in [0.05, 0.1) is 12.3 Å². The minimum atomic E-state index is 0.0386. The standard InChI is InChI=1S/C18H32N2O/c1-7-9-19-13-15-11-16(18(4,5)6)20-17(12-15)21-10-8-14(2)3/h11-12,14,19H,7-10,13H2,1-6H3. The molecule has 0 amide bonds. The first kappa shape index (κ1) is 18.0. The molecule has 0 atom stereocenters. The van der Waals surface area contributed by atoms with Crippen LogP contribution in [-0.2, 0) is 12.0 Å². The molecule has 1 aromatic rings. The van der Waals surface area contributed by atoms with Crippen molar-refractivity contribution < 1.29 is 4.74 Å². The summed E-state index contributed by atoms with van der Waals surface area (Å²) in [5.74, 6) is 1.41. The summed E-state index contributed by atoms with van der Waals surface area (Å²) in [5.41, 5.74) is 2.39. The Morgan fingerprint density at radius 3 is 2.52 bits per heavy atom. The molecule has 1 aromatic heterocycles. The minimum Gasteiger partial charge on any atom is -0.478 e. The molecule has 3 nitrogen and oxygen atoms in total. The molecule has 0 saturated carbocycles. The summed E-state index contributed by atoms with van der Waals surface area (Å²) >= 11 is 0. The molecule has 120 valence electrons. The highest BCUT2D eigenvalue weighted by atomic mass is 16.5. The molecule has 0 aliphatic heterocycles. The summed E-state index contributed by atoms with van der Waals surface area (Å²) < 4.78 is 5.86. The fraction of sp³-hybridized carbons (Fsp3) is 0.722. The number of rotatable bonds is 8. The van der Waals surface area contributed by atoms with Crippen LogP contribution in [0.3, 0.4) is 0 Å². The van der Waals surface area contributed by atoms with Crippen LogP contribution in [0.2, 0.25) is 0 Å². The first-order valence-corrected chi connectivity index (χ1v) is 8.18. The van der Waals surface area contributed by atoms with Crippen molar-refractivity contribution in [2.24, 2.45) is 5.92 Å². The van der Waals surface area contributed by atoms with Crippen molar-refractivity contribution in [3.8, 4) is 5.88 Å². The number of nitrogens with one attached hydrogen (secondary N) is 1. The molecule has 0 bridgehead atoms. The van der Waals surface area contributed by atoms with E-state index in [0.29, 0.717) is 5.92 Å². The zero-order valence-corrected chi connectivity index (χ0v) is 14.6. The monoisotopic (exact) mass is 292 g/mol. The number of ether oxygens (including phenoxy) is 1. The van der Waals surface area contributed by atoms with E-state index in [1.807, 2.05) is 0 Å². The predicted octanol–water partition coefficient (Wildman–Crippen LogP) is 4.30. The van der Waals surface area contributed by atoms with Gasteiger partial charge in [-0.3, -0.25) is 0 Å². The van der Waals surface area contributed by atoms with E-state index in [1.165, 1.54) is 5.56 Å². The SMILES string of the molecule is CCCNCc1cc(OCCC(C)C)nc(C(C)(C)C)c1. The highest BCUT2D eigenvalue weighted by Crippen LogP contribution is 2.24. The summed E-state index contributed by atoms with van der Waals surface area (Å²) in [6.45, 7) is 15.8. The van der Waals surface area contributed by atoms with Gasteiger partial charge in [-0.2, -0.15) is 0 Å². The minimum absolute atomic E-state index is 0.0386. The molecule has 1 rings (SSSR count). The third-order valence-electron chi connectivity index (χ3n) is 3.33. The summed E-state index contributed by atoms with van der Waals surface area (Å²) in [4.78, 5) is 4.68. The molecule has 0 spiro atoms. The third kappa shape index (κ3) is 6.94. The van der Waals surface area contributed by atoms with Crippen LogP contribution in [0.4, 0.5) is 0 Å². The van der Waals surface area contributed by atoms with Crippen LogP contribution in [0, 0.1) is 5.92 Å². The zero-order chi connectivity index (χ0) is 15.9. The van der Waals surface area contributed by atoms with Crippen molar-refractivity contribution in [3.05, 3.63) is 23.4 Å². The maximum Gasteiger partial charge on any atom is 0.213 e. The van der Waals surface area contributed by atoms with Crippen molar-refractivity contribution in [2.45, 2.75) is 66.3 Å². The van der Waals surface area contributed by atoms with Gasteiger partial charge in [-0.1, -0.05) is 41.5 Å². The number of hydrogen-bond acceptors (Lipinski definition) is 3. The number of nitrogens with zero attached hydrogens (tertiary/aromatic N) is 1. The van der Waals surface area contributed by atoms with E-state index in [9.17, 15) is 0 Å². The predicted molar refractivity (Wildman–Crippen MR) is 89.9 cm³/mol. The van der Waals surface area contributed by atoms with E-state index in [0.717, 1.165) is 44.1 Å². The molecule has 0 aliphatic rings. The van der Waals surface area contributed by atoms with Crippen LogP contribution in [0.25, 0.3) is 0 Å². The summed E-state index contributed by atoms with van der Waals surface area (Å²) in [5, 5.41) is 3.45. The normalized spacial score (nSPS) is 12.0. The lowest BCUT2D eigenvalue weighted by Gasteiger charge is -2.20. The largest absolute Gasteiger partial charge is 0.478 e. The highest BCUT2D eigenvalue weighted by molar-refractivity contribution is 5.28. The van der Waals surface area contributed by atoms with Crippen molar-refractivity contribution in [2.75, 3.05) is 13.2 Å². The van der Waals surface area contributed by atoms with Gasteiger partial charge in [-0.25, -0.2) is 4.98 Å². The Labute approximate surface area is 130 Å². The molecule has 0 aliphatic carbocycles. The van der Waals surface area contributed by atoms with Gasteiger partial charge >= 0.3 is 0 Å². The Morgan fingerprint density at radius 1 is 1.24 bits per heavy atom. The van der Waals surface area contributed by atoms with Gasteiger partial charge in [0, 0.05) is 18.0 Å². The first-order valence-electron chi connectivity index (χ1n) is 8.18. The van der Waals surface area contributed by atoms with Crippen LogP contribution in [0.1, 0.15) is 65.6 Å². The molecule has 1 heterocycles. The maximum absolute atomic E-state index is 5.86. The second kappa shape index (κ2) is 8.38. The summed E-state index contributed by atoms with van der Waals surface area (Å²) in [6.07, 6.45) is 2.21. The van der Waals surface area contributed by atoms with Gasteiger partial charge in [-0.05, 0) is 36.9 Å². The van der Waals surface area contributed by atoms with E-state index in [1.54, 1.807) is 0 Å². The van der Waals surface area contributed by atoms with E-state index in [4.69, 9.17) is 4.74 Å². The molecule has 3 heteroatoms.